The Labute approximate surface area is 126 Å². The number of nitrogen functional groups attached to an aromatic ring is 1. The third-order valence-corrected chi connectivity index (χ3v) is 3.20. The Morgan fingerprint density at radius 1 is 1.05 bits per heavy atom. The van der Waals surface area contributed by atoms with Gasteiger partial charge in [0.1, 0.15) is 6.04 Å². The maximum atomic E-state index is 12.0. The molecule has 1 rings (SSSR count). The largest absolute Gasteiger partial charge is 0.399 e. The summed E-state index contributed by atoms with van der Waals surface area (Å²) >= 11 is 0. The second-order valence-electron chi connectivity index (χ2n) is 5.72. The molecule has 0 heterocycles. The number of hydrogen-bond donors (Lipinski definition) is 3. The molecule has 0 aliphatic heterocycles. The van der Waals surface area contributed by atoms with E-state index >= 15 is 0 Å². The van der Waals surface area contributed by atoms with E-state index in [1.165, 1.54) is 0 Å². The average molecular weight is 291 g/mol. The number of amides is 2. The van der Waals surface area contributed by atoms with Crippen LogP contribution in [0.2, 0.25) is 0 Å². The molecular formula is C16H25N3O2. The Hall–Kier alpha value is -2.04. The minimum Gasteiger partial charge on any atom is -0.399 e. The first-order valence-corrected chi connectivity index (χ1v) is 7.24. The molecule has 4 N–H and O–H groups in total. The Bertz CT molecular complexity index is 483. The standard InChI is InChI=1S/C16H25N3O2/c1-10(2)18-16(21)12(4)19-15(20)9-11(3)13-5-7-14(17)8-6-13/h5-8,10-12H,9,17H2,1-4H3,(H,18,21)(H,19,20). The van der Waals surface area contributed by atoms with Crippen LogP contribution in [0.25, 0.3) is 0 Å². The van der Waals surface area contributed by atoms with Crippen LogP contribution < -0.4 is 16.4 Å². The van der Waals surface area contributed by atoms with Gasteiger partial charge in [-0.25, -0.2) is 0 Å². The maximum absolute atomic E-state index is 12.0. The predicted octanol–water partition coefficient (Wildman–Crippen LogP) is 1.79. The molecule has 1 aromatic rings. The average Bonchev–Trinajstić information content (AvgIpc) is 2.38. The summed E-state index contributed by atoms with van der Waals surface area (Å²) in [6, 6.07) is 7.01. The van der Waals surface area contributed by atoms with E-state index in [1.807, 2.05) is 45.0 Å². The molecule has 116 valence electrons. The number of carbonyl (C=O) groups is 2. The molecule has 0 aliphatic rings. The summed E-state index contributed by atoms with van der Waals surface area (Å²) in [4.78, 5) is 23.7. The van der Waals surface area contributed by atoms with Crippen LogP contribution in [0.5, 0.6) is 0 Å². The van der Waals surface area contributed by atoms with Gasteiger partial charge in [0.25, 0.3) is 0 Å². The first kappa shape index (κ1) is 17.0. The number of hydrogen-bond acceptors (Lipinski definition) is 3. The van der Waals surface area contributed by atoms with Crippen LogP contribution in [0, 0.1) is 0 Å². The monoisotopic (exact) mass is 291 g/mol. The highest BCUT2D eigenvalue weighted by Crippen LogP contribution is 2.19. The summed E-state index contributed by atoms with van der Waals surface area (Å²) in [5.74, 6) is -0.227. The van der Waals surface area contributed by atoms with E-state index in [0.717, 1.165) is 5.56 Å². The minimum absolute atomic E-state index is 0.0607. The van der Waals surface area contributed by atoms with Crippen LogP contribution >= 0.6 is 0 Å². The fourth-order valence-corrected chi connectivity index (χ4v) is 2.00. The van der Waals surface area contributed by atoms with E-state index in [0.29, 0.717) is 12.1 Å². The molecule has 0 aromatic heterocycles. The zero-order valence-electron chi connectivity index (χ0n) is 13.1. The normalized spacial score (nSPS) is 13.6. The lowest BCUT2D eigenvalue weighted by atomic mass is 9.97. The molecule has 5 nitrogen and oxygen atoms in total. The summed E-state index contributed by atoms with van der Waals surface area (Å²) in [7, 11) is 0. The van der Waals surface area contributed by atoms with Gasteiger partial charge in [0.15, 0.2) is 0 Å². The Morgan fingerprint density at radius 3 is 2.14 bits per heavy atom. The van der Waals surface area contributed by atoms with Crippen LogP contribution in [0.3, 0.4) is 0 Å². The summed E-state index contributed by atoms with van der Waals surface area (Å²) in [5, 5.41) is 5.49. The number of nitrogens with one attached hydrogen (secondary N) is 2. The molecule has 0 radical (unpaired) electrons. The van der Waals surface area contributed by atoms with Crippen molar-refractivity contribution in [3.8, 4) is 0 Å². The van der Waals surface area contributed by atoms with Crippen LogP contribution in [0.1, 0.15) is 45.6 Å². The van der Waals surface area contributed by atoms with E-state index in [4.69, 9.17) is 5.73 Å². The van der Waals surface area contributed by atoms with E-state index < -0.39 is 6.04 Å². The fourth-order valence-electron chi connectivity index (χ4n) is 2.00. The molecule has 1 aromatic carbocycles. The van der Waals surface area contributed by atoms with Gasteiger partial charge in [0.05, 0.1) is 0 Å². The van der Waals surface area contributed by atoms with Crippen molar-refractivity contribution in [1.82, 2.24) is 10.6 Å². The fraction of sp³-hybridized carbons (Fsp3) is 0.500. The molecule has 0 bridgehead atoms. The number of anilines is 1. The number of rotatable bonds is 6. The summed E-state index contributed by atoms with van der Waals surface area (Å²) in [6.07, 6.45) is 0.337. The Kier molecular flexibility index (Phi) is 6.21. The second kappa shape index (κ2) is 7.67. The quantitative estimate of drug-likeness (QED) is 0.699. The molecule has 0 saturated carbocycles. The van der Waals surface area contributed by atoms with E-state index in [-0.39, 0.29) is 23.8 Å². The predicted molar refractivity (Wildman–Crippen MR) is 84.8 cm³/mol. The van der Waals surface area contributed by atoms with Crippen molar-refractivity contribution in [1.29, 1.82) is 0 Å². The molecule has 0 aliphatic carbocycles. The molecule has 5 heteroatoms. The van der Waals surface area contributed by atoms with E-state index in [9.17, 15) is 9.59 Å². The van der Waals surface area contributed by atoms with Crippen molar-refractivity contribution in [3.63, 3.8) is 0 Å². The zero-order valence-corrected chi connectivity index (χ0v) is 13.1. The van der Waals surface area contributed by atoms with Crippen molar-refractivity contribution in [2.24, 2.45) is 0 Å². The summed E-state index contributed by atoms with van der Waals surface area (Å²) in [5.41, 5.74) is 7.40. The van der Waals surface area contributed by atoms with Crippen LogP contribution in [-0.4, -0.2) is 23.9 Å². The lowest BCUT2D eigenvalue weighted by Crippen LogP contribution is -2.46. The first-order chi connectivity index (χ1) is 9.79. The second-order valence-corrected chi connectivity index (χ2v) is 5.72. The summed E-state index contributed by atoms with van der Waals surface area (Å²) in [6.45, 7) is 7.43. The number of carbonyl (C=O) groups excluding carboxylic acids is 2. The van der Waals surface area contributed by atoms with Crippen molar-refractivity contribution < 1.29 is 9.59 Å². The van der Waals surface area contributed by atoms with Gasteiger partial charge in [0.2, 0.25) is 11.8 Å². The van der Waals surface area contributed by atoms with E-state index in [2.05, 4.69) is 10.6 Å². The van der Waals surface area contributed by atoms with Gasteiger partial charge in [-0.1, -0.05) is 19.1 Å². The lowest BCUT2D eigenvalue weighted by Gasteiger charge is -2.17. The molecule has 0 fully saturated rings. The highest BCUT2D eigenvalue weighted by molar-refractivity contribution is 5.87. The molecule has 2 amide bonds. The number of nitrogens with two attached hydrogens (primary N) is 1. The Morgan fingerprint density at radius 2 is 1.62 bits per heavy atom. The van der Waals surface area contributed by atoms with Gasteiger partial charge in [0, 0.05) is 18.2 Å². The smallest absolute Gasteiger partial charge is 0.242 e. The first-order valence-electron chi connectivity index (χ1n) is 7.24. The topological polar surface area (TPSA) is 84.2 Å². The third-order valence-electron chi connectivity index (χ3n) is 3.20. The van der Waals surface area contributed by atoms with Crippen LogP contribution in [0.4, 0.5) is 5.69 Å². The zero-order chi connectivity index (χ0) is 16.0. The van der Waals surface area contributed by atoms with Gasteiger partial charge in [-0.05, 0) is 44.4 Å². The van der Waals surface area contributed by atoms with Crippen molar-refractivity contribution in [2.75, 3.05) is 5.73 Å². The van der Waals surface area contributed by atoms with Crippen LogP contribution in [0.15, 0.2) is 24.3 Å². The van der Waals surface area contributed by atoms with Gasteiger partial charge in [-0.15, -0.1) is 0 Å². The lowest BCUT2D eigenvalue weighted by molar-refractivity contribution is -0.129. The molecule has 0 saturated heterocycles. The Balaban J connectivity index is 2.49. The highest BCUT2D eigenvalue weighted by atomic mass is 16.2. The summed E-state index contributed by atoms with van der Waals surface area (Å²) < 4.78 is 0. The minimum atomic E-state index is -0.529. The molecule has 2 atom stereocenters. The van der Waals surface area contributed by atoms with E-state index in [1.54, 1.807) is 6.92 Å². The highest BCUT2D eigenvalue weighted by Gasteiger charge is 2.18. The van der Waals surface area contributed by atoms with Gasteiger partial charge in [-0.3, -0.25) is 9.59 Å². The number of benzene rings is 1. The molecular weight excluding hydrogens is 266 g/mol. The molecule has 0 spiro atoms. The van der Waals surface area contributed by atoms with Crippen LogP contribution in [-0.2, 0) is 9.59 Å². The maximum Gasteiger partial charge on any atom is 0.242 e. The van der Waals surface area contributed by atoms with Crippen molar-refractivity contribution >= 4 is 17.5 Å². The van der Waals surface area contributed by atoms with Gasteiger partial charge < -0.3 is 16.4 Å². The van der Waals surface area contributed by atoms with Gasteiger partial charge in [-0.2, -0.15) is 0 Å². The molecule has 2 unspecified atom stereocenters. The SMILES string of the molecule is CC(C)NC(=O)C(C)NC(=O)CC(C)c1ccc(N)cc1. The third kappa shape index (κ3) is 5.85. The van der Waals surface area contributed by atoms with Crippen molar-refractivity contribution in [3.05, 3.63) is 29.8 Å². The van der Waals surface area contributed by atoms with Gasteiger partial charge >= 0.3 is 0 Å². The van der Waals surface area contributed by atoms with Crippen molar-refractivity contribution in [2.45, 2.75) is 52.1 Å². The molecule has 21 heavy (non-hydrogen) atoms.